The summed E-state index contributed by atoms with van der Waals surface area (Å²) < 4.78 is 26.9. The summed E-state index contributed by atoms with van der Waals surface area (Å²) in [6.07, 6.45) is 2.47. The van der Waals surface area contributed by atoms with Gasteiger partial charge in [0.05, 0.1) is 16.7 Å². The van der Waals surface area contributed by atoms with Gasteiger partial charge in [-0.05, 0) is 43.2 Å². The molecule has 2 aromatic carbocycles. The Morgan fingerprint density at radius 1 is 1.12 bits per heavy atom. The first-order valence-electron chi connectivity index (χ1n) is 8.49. The van der Waals surface area contributed by atoms with Crippen molar-refractivity contribution >= 4 is 32.4 Å². The first kappa shape index (κ1) is 16.4. The van der Waals surface area contributed by atoms with E-state index in [1.54, 1.807) is 24.3 Å². The number of anilines is 1. The molecule has 1 aliphatic heterocycles. The molecule has 25 heavy (non-hydrogen) atoms. The third kappa shape index (κ3) is 2.77. The van der Waals surface area contributed by atoms with E-state index in [9.17, 15) is 18.3 Å². The molecule has 7 heteroatoms. The van der Waals surface area contributed by atoms with Gasteiger partial charge in [-0.1, -0.05) is 24.3 Å². The summed E-state index contributed by atoms with van der Waals surface area (Å²) in [7, 11) is -3.71. The Hall–Kier alpha value is -2.12. The lowest BCUT2D eigenvalue weighted by Crippen LogP contribution is -2.44. The maximum atomic E-state index is 12.8. The maximum absolute atomic E-state index is 12.8. The minimum atomic E-state index is -3.71. The number of aliphatic hydroxyl groups is 1. The number of rotatable bonds is 3. The topological polar surface area (TPSA) is 86.7 Å². The third-order valence-corrected chi connectivity index (χ3v) is 6.83. The van der Waals surface area contributed by atoms with Gasteiger partial charge in [0, 0.05) is 11.4 Å². The van der Waals surface area contributed by atoms with E-state index in [1.165, 1.54) is 4.31 Å². The van der Waals surface area contributed by atoms with Crippen molar-refractivity contribution in [3.8, 4) is 0 Å². The fraction of sp³-hybridized carbons (Fsp3) is 0.389. The van der Waals surface area contributed by atoms with Crippen LogP contribution in [0.2, 0.25) is 0 Å². The Labute approximate surface area is 146 Å². The van der Waals surface area contributed by atoms with Crippen LogP contribution < -0.4 is 9.62 Å². The Kier molecular flexibility index (Phi) is 3.92. The molecule has 0 radical (unpaired) electrons. The summed E-state index contributed by atoms with van der Waals surface area (Å²) in [5.41, 5.74) is 0.558. The van der Waals surface area contributed by atoms with Crippen molar-refractivity contribution < 1.29 is 18.3 Å². The average molecular weight is 360 g/mol. The van der Waals surface area contributed by atoms with Crippen LogP contribution in [0.3, 0.4) is 0 Å². The zero-order chi connectivity index (χ0) is 17.6. The molecule has 1 fully saturated rings. The summed E-state index contributed by atoms with van der Waals surface area (Å²) in [5.74, 6) is -0.310. The fourth-order valence-electron chi connectivity index (χ4n) is 3.75. The van der Waals surface area contributed by atoms with Gasteiger partial charge in [0.1, 0.15) is 6.54 Å². The van der Waals surface area contributed by atoms with Crippen LogP contribution in [0.1, 0.15) is 25.7 Å². The minimum absolute atomic E-state index is 0.000579. The number of hydrogen-bond acceptors (Lipinski definition) is 4. The monoisotopic (exact) mass is 360 g/mol. The van der Waals surface area contributed by atoms with E-state index >= 15 is 0 Å². The molecule has 0 atom stereocenters. The average Bonchev–Trinajstić information content (AvgIpc) is 2.81. The van der Waals surface area contributed by atoms with Crippen molar-refractivity contribution in [2.75, 3.05) is 10.8 Å². The Bertz CT molecular complexity index is 928. The molecule has 1 saturated carbocycles. The predicted molar refractivity (Wildman–Crippen MR) is 94.9 cm³/mol. The van der Waals surface area contributed by atoms with E-state index in [1.807, 2.05) is 12.1 Å². The zero-order valence-electron chi connectivity index (χ0n) is 13.7. The summed E-state index contributed by atoms with van der Waals surface area (Å²) in [5, 5.41) is 14.0. The number of nitrogens with one attached hydrogen (secondary N) is 1. The Morgan fingerprint density at radius 3 is 2.52 bits per heavy atom. The third-order valence-electron chi connectivity index (χ3n) is 5.03. The molecular formula is C18H20N2O4S. The van der Waals surface area contributed by atoms with Gasteiger partial charge >= 0.3 is 0 Å². The molecule has 0 bridgehead atoms. The van der Waals surface area contributed by atoms with E-state index in [0.29, 0.717) is 23.9 Å². The quantitative estimate of drug-likeness (QED) is 0.873. The lowest BCUT2D eigenvalue weighted by molar-refractivity contribution is -0.120. The normalized spacial score (nSPS) is 24.4. The van der Waals surface area contributed by atoms with Gasteiger partial charge < -0.3 is 10.4 Å². The van der Waals surface area contributed by atoms with Gasteiger partial charge in [0.2, 0.25) is 5.91 Å². The highest BCUT2D eigenvalue weighted by atomic mass is 32.2. The van der Waals surface area contributed by atoms with Gasteiger partial charge in [-0.3, -0.25) is 9.10 Å². The fourth-order valence-corrected chi connectivity index (χ4v) is 5.42. The molecule has 6 nitrogen and oxygen atoms in total. The molecule has 0 unspecified atom stereocenters. The van der Waals surface area contributed by atoms with Gasteiger partial charge in [0.25, 0.3) is 10.0 Å². The van der Waals surface area contributed by atoms with Crippen molar-refractivity contribution in [2.24, 2.45) is 0 Å². The Morgan fingerprint density at radius 2 is 1.80 bits per heavy atom. The number of benzene rings is 2. The lowest BCUT2D eigenvalue weighted by atomic mass is 9.93. The van der Waals surface area contributed by atoms with Gasteiger partial charge in [-0.2, -0.15) is 0 Å². The second-order valence-corrected chi connectivity index (χ2v) is 8.55. The molecule has 1 aliphatic carbocycles. The number of carbonyl (C=O) groups excluding carboxylic acids is 1. The van der Waals surface area contributed by atoms with E-state index < -0.39 is 10.0 Å². The standard InChI is InChI=1S/C18H20N2O4S/c21-14-9-7-13(8-10-14)19-17(22)11-20-15-5-1-3-12-4-2-6-16(18(12)15)25(20,23)24/h1-6,13-14,21H,7-11H2,(H,19,22). The van der Waals surface area contributed by atoms with E-state index in [2.05, 4.69) is 5.32 Å². The SMILES string of the molecule is O=C(CN1c2cccc3cccc(c23)S1(=O)=O)NC1CCC(O)CC1. The number of amides is 1. The van der Waals surface area contributed by atoms with Crippen molar-refractivity contribution in [1.29, 1.82) is 0 Å². The van der Waals surface area contributed by atoms with Crippen molar-refractivity contribution in [2.45, 2.75) is 42.7 Å². The van der Waals surface area contributed by atoms with E-state index in [0.717, 1.165) is 18.2 Å². The maximum Gasteiger partial charge on any atom is 0.265 e. The number of sulfonamides is 1. The van der Waals surface area contributed by atoms with Crippen molar-refractivity contribution in [3.63, 3.8) is 0 Å². The van der Waals surface area contributed by atoms with Crippen LogP contribution in [0.25, 0.3) is 10.8 Å². The summed E-state index contributed by atoms with van der Waals surface area (Å²) >= 11 is 0. The van der Waals surface area contributed by atoms with Gasteiger partial charge in [-0.25, -0.2) is 8.42 Å². The zero-order valence-corrected chi connectivity index (χ0v) is 14.5. The molecule has 1 amide bonds. The van der Waals surface area contributed by atoms with E-state index in [-0.39, 0.29) is 29.5 Å². The van der Waals surface area contributed by atoms with Crippen LogP contribution in [-0.2, 0) is 14.8 Å². The molecule has 0 aromatic heterocycles. The van der Waals surface area contributed by atoms with Crippen molar-refractivity contribution in [1.82, 2.24) is 5.32 Å². The van der Waals surface area contributed by atoms with Crippen LogP contribution in [0.15, 0.2) is 41.3 Å². The molecule has 132 valence electrons. The predicted octanol–water partition coefficient (Wildman–Crippen LogP) is 1.77. The number of aliphatic hydroxyl groups excluding tert-OH is 1. The van der Waals surface area contributed by atoms with Crippen LogP contribution in [0.4, 0.5) is 5.69 Å². The Balaban J connectivity index is 1.57. The van der Waals surface area contributed by atoms with Crippen LogP contribution in [0.5, 0.6) is 0 Å². The lowest BCUT2D eigenvalue weighted by Gasteiger charge is -2.27. The molecule has 2 aromatic rings. The molecule has 2 N–H and O–H groups in total. The van der Waals surface area contributed by atoms with Crippen molar-refractivity contribution in [3.05, 3.63) is 36.4 Å². The number of nitrogens with zero attached hydrogens (tertiary/aromatic N) is 1. The second-order valence-electron chi connectivity index (χ2n) is 6.72. The second kappa shape index (κ2) is 6.00. The summed E-state index contributed by atoms with van der Waals surface area (Å²) in [6.45, 7) is -0.227. The molecule has 1 heterocycles. The smallest absolute Gasteiger partial charge is 0.265 e. The highest BCUT2D eigenvalue weighted by molar-refractivity contribution is 7.93. The highest BCUT2D eigenvalue weighted by Crippen LogP contribution is 2.41. The molecule has 0 saturated heterocycles. The highest BCUT2D eigenvalue weighted by Gasteiger charge is 2.36. The minimum Gasteiger partial charge on any atom is -0.393 e. The first-order chi connectivity index (χ1) is 12.0. The summed E-state index contributed by atoms with van der Waals surface area (Å²) in [4.78, 5) is 12.7. The van der Waals surface area contributed by atoms with Crippen LogP contribution >= 0.6 is 0 Å². The molecular weight excluding hydrogens is 340 g/mol. The molecule has 2 aliphatic rings. The van der Waals surface area contributed by atoms with Crippen LogP contribution in [0, 0.1) is 0 Å². The number of hydrogen-bond donors (Lipinski definition) is 2. The van der Waals surface area contributed by atoms with E-state index in [4.69, 9.17) is 0 Å². The largest absolute Gasteiger partial charge is 0.393 e. The summed E-state index contributed by atoms with van der Waals surface area (Å²) in [6, 6.07) is 10.6. The van der Waals surface area contributed by atoms with Gasteiger partial charge in [0.15, 0.2) is 0 Å². The van der Waals surface area contributed by atoms with Gasteiger partial charge in [-0.15, -0.1) is 0 Å². The number of carbonyl (C=O) groups is 1. The molecule has 4 rings (SSSR count). The first-order valence-corrected chi connectivity index (χ1v) is 9.93. The molecule has 0 spiro atoms. The van der Waals surface area contributed by atoms with Crippen LogP contribution in [-0.4, -0.2) is 38.1 Å².